The van der Waals surface area contributed by atoms with Crippen molar-refractivity contribution < 1.29 is 12.8 Å². The molecular formula is C15H24FNO2S. The first-order valence-corrected chi connectivity index (χ1v) is 9.06. The largest absolute Gasteiger partial charge is 0.310 e. The molecule has 0 aliphatic carbocycles. The quantitative estimate of drug-likeness (QED) is 0.803. The minimum Gasteiger partial charge on any atom is -0.310 e. The Kier molecular flexibility index (Phi) is 6.62. The maximum atomic E-state index is 13.3. The van der Waals surface area contributed by atoms with Crippen LogP contribution in [-0.4, -0.2) is 27.0 Å². The van der Waals surface area contributed by atoms with E-state index in [0.29, 0.717) is 12.0 Å². The molecule has 1 unspecified atom stereocenters. The van der Waals surface area contributed by atoms with Crippen molar-refractivity contribution in [3.05, 3.63) is 35.1 Å². The molecule has 1 rings (SSSR count). The van der Waals surface area contributed by atoms with Crippen molar-refractivity contribution in [1.82, 2.24) is 5.32 Å². The second kappa shape index (κ2) is 7.74. The zero-order valence-electron chi connectivity index (χ0n) is 12.4. The lowest BCUT2D eigenvalue weighted by molar-refractivity contribution is 0.491. The third-order valence-corrected chi connectivity index (χ3v) is 4.26. The molecule has 0 saturated carbocycles. The molecule has 1 N–H and O–H groups in total. The number of sulfone groups is 1. The molecule has 114 valence electrons. The predicted octanol–water partition coefficient (Wildman–Crippen LogP) is 3.00. The first kappa shape index (κ1) is 17.1. The average molecular weight is 301 g/mol. The summed E-state index contributed by atoms with van der Waals surface area (Å²) in [7, 11) is -2.93. The molecule has 0 heterocycles. The summed E-state index contributed by atoms with van der Waals surface area (Å²) >= 11 is 0. The van der Waals surface area contributed by atoms with Crippen LogP contribution >= 0.6 is 0 Å². The van der Waals surface area contributed by atoms with Gasteiger partial charge in [-0.25, -0.2) is 12.8 Å². The Morgan fingerprint density at radius 1 is 1.35 bits per heavy atom. The normalized spacial score (nSPS) is 13.4. The molecule has 0 radical (unpaired) electrons. The van der Waals surface area contributed by atoms with Crippen LogP contribution in [0, 0.1) is 12.7 Å². The maximum absolute atomic E-state index is 13.3. The molecule has 0 aliphatic heterocycles. The van der Waals surface area contributed by atoms with Gasteiger partial charge in [-0.2, -0.15) is 0 Å². The van der Waals surface area contributed by atoms with E-state index in [1.54, 1.807) is 13.0 Å². The molecule has 5 heteroatoms. The molecule has 20 heavy (non-hydrogen) atoms. The Morgan fingerprint density at radius 2 is 2.05 bits per heavy atom. The Hall–Kier alpha value is -0.940. The van der Waals surface area contributed by atoms with Gasteiger partial charge in [0.25, 0.3) is 0 Å². The predicted molar refractivity (Wildman–Crippen MR) is 81.1 cm³/mol. The summed E-state index contributed by atoms with van der Waals surface area (Å²) in [6.07, 6.45) is 3.60. The molecule has 1 aromatic rings. The van der Waals surface area contributed by atoms with Gasteiger partial charge in [0, 0.05) is 18.1 Å². The van der Waals surface area contributed by atoms with E-state index in [2.05, 4.69) is 12.2 Å². The van der Waals surface area contributed by atoms with Gasteiger partial charge in [-0.3, -0.25) is 0 Å². The minimum atomic E-state index is -2.93. The Labute approximate surface area is 121 Å². The topological polar surface area (TPSA) is 46.2 Å². The minimum absolute atomic E-state index is 0.0796. The molecule has 3 nitrogen and oxygen atoms in total. The van der Waals surface area contributed by atoms with Crippen molar-refractivity contribution in [2.75, 3.05) is 18.6 Å². The molecule has 1 aromatic carbocycles. The highest BCUT2D eigenvalue weighted by molar-refractivity contribution is 7.90. The standard InChI is InChI=1S/C15H24FNO2S/c1-4-9-17-15(6-5-10-20(3,18)19)13-7-8-14(16)12(2)11-13/h7-8,11,15,17H,4-6,9-10H2,1-3H3. The van der Waals surface area contributed by atoms with Crippen LogP contribution in [-0.2, 0) is 9.84 Å². The monoisotopic (exact) mass is 301 g/mol. The van der Waals surface area contributed by atoms with E-state index in [4.69, 9.17) is 0 Å². The summed E-state index contributed by atoms with van der Waals surface area (Å²) in [5, 5.41) is 3.40. The van der Waals surface area contributed by atoms with Crippen LogP contribution in [0.15, 0.2) is 18.2 Å². The lowest BCUT2D eigenvalue weighted by Crippen LogP contribution is -2.23. The van der Waals surface area contributed by atoms with Gasteiger partial charge in [-0.05, 0) is 49.9 Å². The Bertz CT molecular complexity index is 529. The molecule has 0 saturated heterocycles. The third-order valence-electron chi connectivity index (χ3n) is 3.23. The fraction of sp³-hybridized carbons (Fsp3) is 0.600. The lowest BCUT2D eigenvalue weighted by atomic mass is 10.00. The van der Waals surface area contributed by atoms with E-state index < -0.39 is 9.84 Å². The fourth-order valence-corrected chi connectivity index (χ4v) is 2.83. The van der Waals surface area contributed by atoms with Crippen molar-refractivity contribution >= 4 is 9.84 Å². The van der Waals surface area contributed by atoms with E-state index >= 15 is 0 Å². The van der Waals surface area contributed by atoms with Crippen molar-refractivity contribution in [2.45, 2.75) is 39.2 Å². The van der Waals surface area contributed by atoms with Gasteiger partial charge in [-0.1, -0.05) is 19.1 Å². The van der Waals surface area contributed by atoms with E-state index in [-0.39, 0.29) is 17.6 Å². The van der Waals surface area contributed by atoms with Gasteiger partial charge in [0.05, 0.1) is 0 Å². The first-order valence-electron chi connectivity index (χ1n) is 7.00. The van der Waals surface area contributed by atoms with Gasteiger partial charge in [0.1, 0.15) is 15.7 Å². The number of halogens is 1. The highest BCUT2D eigenvalue weighted by Gasteiger charge is 2.13. The van der Waals surface area contributed by atoms with Crippen molar-refractivity contribution in [3.8, 4) is 0 Å². The van der Waals surface area contributed by atoms with Crippen LogP contribution in [0.2, 0.25) is 0 Å². The summed E-state index contributed by atoms with van der Waals surface area (Å²) in [6, 6.07) is 5.16. The van der Waals surface area contributed by atoms with E-state index in [1.807, 2.05) is 6.07 Å². The maximum Gasteiger partial charge on any atom is 0.147 e. The number of aryl methyl sites for hydroxylation is 1. The smallest absolute Gasteiger partial charge is 0.147 e. The second-order valence-electron chi connectivity index (χ2n) is 5.29. The third kappa shape index (κ3) is 6.01. The van der Waals surface area contributed by atoms with Gasteiger partial charge in [0.2, 0.25) is 0 Å². The number of hydrogen-bond donors (Lipinski definition) is 1. The zero-order chi connectivity index (χ0) is 15.2. The summed E-state index contributed by atoms with van der Waals surface area (Å²) < 4.78 is 35.7. The summed E-state index contributed by atoms with van der Waals surface area (Å²) in [4.78, 5) is 0. The number of hydrogen-bond acceptors (Lipinski definition) is 3. The number of benzene rings is 1. The Balaban J connectivity index is 2.74. The number of nitrogens with one attached hydrogen (secondary N) is 1. The van der Waals surface area contributed by atoms with Crippen molar-refractivity contribution in [3.63, 3.8) is 0 Å². The summed E-state index contributed by atoms with van der Waals surface area (Å²) in [5.74, 6) is -0.0172. The first-order chi connectivity index (χ1) is 9.33. The molecular weight excluding hydrogens is 277 g/mol. The SMILES string of the molecule is CCCNC(CCCS(C)(=O)=O)c1ccc(F)c(C)c1. The molecule has 0 spiro atoms. The van der Waals surface area contributed by atoms with Crippen LogP contribution in [0.3, 0.4) is 0 Å². The fourth-order valence-electron chi connectivity index (χ4n) is 2.14. The molecule has 0 fully saturated rings. The molecule has 0 bridgehead atoms. The van der Waals surface area contributed by atoms with Crippen LogP contribution in [0.1, 0.15) is 43.4 Å². The van der Waals surface area contributed by atoms with Gasteiger partial charge < -0.3 is 5.32 Å². The molecule has 1 atom stereocenters. The van der Waals surface area contributed by atoms with E-state index in [1.165, 1.54) is 12.3 Å². The highest BCUT2D eigenvalue weighted by Crippen LogP contribution is 2.21. The van der Waals surface area contributed by atoms with Gasteiger partial charge >= 0.3 is 0 Å². The van der Waals surface area contributed by atoms with Crippen LogP contribution in [0.25, 0.3) is 0 Å². The van der Waals surface area contributed by atoms with Crippen LogP contribution < -0.4 is 5.32 Å². The molecule has 0 aliphatic rings. The lowest BCUT2D eigenvalue weighted by Gasteiger charge is -2.19. The van der Waals surface area contributed by atoms with Gasteiger partial charge in [-0.15, -0.1) is 0 Å². The van der Waals surface area contributed by atoms with Crippen LogP contribution in [0.4, 0.5) is 4.39 Å². The van der Waals surface area contributed by atoms with Crippen molar-refractivity contribution in [1.29, 1.82) is 0 Å². The summed E-state index contributed by atoms with van der Waals surface area (Å²) in [6.45, 7) is 4.68. The second-order valence-corrected chi connectivity index (χ2v) is 7.55. The Morgan fingerprint density at radius 3 is 2.60 bits per heavy atom. The average Bonchev–Trinajstić information content (AvgIpc) is 2.35. The zero-order valence-corrected chi connectivity index (χ0v) is 13.3. The molecule has 0 amide bonds. The number of rotatable bonds is 8. The highest BCUT2D eigenvalue weighted by atomic mass is 32.2. The summed E-state index contributed by atoms with van der Waals surface area (Å²) in [5.41, 5.74) is 1.64. The van der Waals surface area contributed by atoms with Gasteiger partial charge in [0.15, 0.2) is 0 Å². The van der Waals surface area contributed by atoms with Crippen LogP contribution in [0.5, 0.6) is 0 Å². The van der Waals surface area contributed by atoms with E-state index in [0.717, 1.165) is 24.9 Å². The molecule has 0 aromatic heterocycles. The van der Waals surface area contributed by atoms with Crippen molar-refractivity contribution in [2.24, 2.45) is 0 Å². The van der Waals surface area contributed by atoms with E-state index in [9.17, 15) is 12.8 Å².